The summed E-state index contributed by atoms with van der Waals surface area (Å²) in [4.78, 5) is 0. The zero-order valence-corrected chi connectivity index (χ0v) is 34.0. The molecule has 0 bridgehead atoms. The van der Waals surface area contributed by atoms with Gasteiger partial charge >= 0.3 is 222 Å². The Morgan fingerprint density at radius 3 is 1.08 bits per heavy atom. The molecule has 4 rings (SSSR count). The van der Waals surface area contributed by atoms with Gasteiger partial charge in [-0.25, -0.2) is 0 Å². The molecule has 4 aliphatic carbocycles. The molecule has 0 N–H and O–H groups in total. The molecule has 0 heterocycles. The fourth-order valence-corrected chi connectivity index (χ4v) is 16.6. The van der Waals surface area contributed by atoms with Crippen molar-refractivity contribution >= 4 is 49.6 Å². The second-order valence-electron chi connectivity index (χ2n) is 10.6. The number of hydrogen-bond donors (Lipinski definition) is 0. The van der Waals surface area contributed by atoms with Crippen LogP contribution in [0, 0.1) is 10.8 Å². The van der Waals surface area contributed by atoms with Gasteiger partial charge in [0, 0.05) is 0 Å². The van der Waals surface area contributed by atoms with Crippen molar-refractivity contribution in [2.75, 3.05) is 0 Å². The molecule has 0 atom stereocenters. The summed E-state index contributed by atoms with van der Waals surface area (Å²) in [5.41, 5.74) is 10.1. The van der Waals surface area contributed by atoms with Crippen LogP contribution in [0.25, 0.3) is 0 Å². The number of halogens is 4. The van der Waals surface area contributed by atoms with Crippen molar-refractivity contribution in [1.82, 2.24) is 0 Å². The maximum absolute atomic E-state index is 2.44. The monoisotopic (exact) mass is 904 g/mol. The predicted octanol–water partition coefficient (Wildman–Crippen LogP) is 10.8. The van der Waals surface area contributed by atoms with Gasteiger partial charge in [0.05, 0.1) is 0 Å². The van der Waals surface area contributed by atoms with Crippen LogP contribution in [0.15, 0.2) is 83.2 Å². The molecule has 0 amide bonds. The fourth-order valence-electron chi connectivity index (χ4n) is 5.10. The van der Waals surface area contributed by atoms with Crippen LogP contribution in [0.1, 0.15) is 82.1 Å². The molecule has 0 saturated heterocycles. The van der Waals surface area contributed by atoms with Crippen molar-refractivity contribution < 1.29 is 45.8 Å². The topological polar surface area (TPSA) is 0 Å². The minimum absolute atomic E-state index is 0. The zero-order chi connectivity index (χ0) is 23.8. The van der Waals surface area contributed by atoms with Crippen LogP contribution in [-0.2, 0) is 45.8 Å². The molecule has 0 aliphatic heterocycles. The Morgan fingerprint density at radius 1 is 0.528 bits per heavy atom. The Labute approximate surface area is 268 Å². The van der Waals surface area contributed by atoms with E-state index in [4.69, 9.17) is 0 Å². The van der Waals surface area contributed by atoms with Gasteiger partial charge in [0.1, 0.15) is 0 Å². The summed E-state index contributed by atoms with van der Waals surface area (Å²) in [5, 5.41) is 0. The second-order valence-corrected chi connectivity index (χ2v) is 20.7. The third-order valence-electron chi connectivity index (χ3n) is 8.24. The number of rotatable bonds is 4. The van der Waals surface area contributed by atoms with E-state index in [-0.39, 0.29) is 49.6 Å². The first-order valence-corrected chi connectivity index (χ1v) is 19.1. The molecule has 0 aromatic rings. The quantitative estimate of drug-likeness (QED) is 0.247. The van der Waals surface area contributed by atoms with Crippen molar-refractivity contribution in [3.8, 4) is 0 Å². The van der Waals surface area contributed by atoms with Crippen LogP contribution in [0.4, 0.5) is 0 Å². The average Bonchev–Trinajstić information content (AvgIpc) is 3.50. The van der Waals surface area contributed by atoms with Gasteiger partial charge in [-0.1, -0.05) is 0 Å². The van der Waals surface area contributed by atoms with Crippen molar-refractivity contribution in [1.29, 1.82) is 0 Å². The van der Waals surface area contributed by atoms with Gasteiger partial charge < -0.3 is 0 Å². The van der Waals surface area contributed by atoms with E-state index in [1.54, 1.807) is 40.1 Å². The number of hydrogen-bond acceptors (Lipinski definition) is 0. The minimum atomic E-state index is -0.997. The second kappa shape index (κ2) is 15.6. The Kier molecular flexibility index (Phi) is 16.8. The summed E-state index contributed by atoms with van der Waals surface area (Å²) >= 11 is -1.52. The van der Waals surface area contributed by atoms with E-state index in [9.17, 15) is 0 Å². The first kappa shape index (κ1) is 39.0. The molecular weight excluding hydrogens is 859 g/mol. The normalized spacial score (nSPS) is 20.6. The Bertz CT molecular complexity index is 990. The van der Waals surface area contributed by atoms with Crippen LogP contribution >= 0.6 is 49.6 Å². The van der Waals surface area contributed by atoms with E-state index in [1.165, 1.54) is 12.8 Å². The van der Waals surface area contributed by atoms with Crippen LogP contribution < -0.4 is 0 Å². The summed E-state index contributed by atoms with van der Waals surface area (Å²) in [6.07, 6.45) is 16.1. The van der Waals surface area contributed by atoms with E-state index < -0.39 is 45.8 Å². The molecule has 0 unspecified atom stereocenters. The van der Waals surface area contributed by atoms with E-state index in [0.29, 0.717) is 10.8 Å². The molecule has 0 nitrogen and oxygen atoms in total. The van der Waals surface area contributed by atoms with Gasteiger partial charge in [-0.2, -0.15) is 0 Å². The van der Waals surface area contributed by atoms with Crippen LogP contribution in [0.3, 0.4) is 0 Å². The first-order chi connectivity index (χ1) is 14.9. The van der Waals surface area contributed by atoms with Gasteiger partial charge in [0.15, 0.2) is 0 Å². The molecular formula is C30H44Cl4Hf2. The van der Waals surface area contributed by atoms with Crippen molar-refractivity contribution in [2.24, 2.45) is 10.8 Å². The minimum Gasteiger partial charge on any atom is -0.147 e. The molecule has 0 saturated carbocycles. The molecule has 6 heteroatoms. The molecule has 0 radical (unpaired) electrons. The summed E-state index contributed by atoms with van der Waals surface area (Å²) < 4.78 is 7.14. The Hall–Kier alpha value is 0.820. The van der Waals surface area contributed by atoms with E-state index in [1.807, 2.05) is 6.66 Å². The predicted molar refractivity (Wildman–Crippen MR) is 162 cm³/mol. The molecule has 36 heavy (non-hydrogen) atoms. The smallest absolute Gasteiger partial charge is 0.147 e. The SMILES string of the molecule is C1=CC[C]([Hf][C]2=CC=CC2)=C1.CC1=C(C)C(C)(C)[C]([Hf][C]2=C(C)C(C)=C(C)C2(C)C)=C1C.Cl.Cl.Cl.Cl. The maximum Gasteiger partial charge on any atom is -0.147 e. The van der Waals surface area contributed by atoms with E-state index in [0.717, 1.165) is 0 Å². The molecule has 4 aliphatic rings. The third kappa shape index (κ3) is 7.94. The van der Waals surface area contributed by atoms with Crippen LogP contribution in [-0.4, -0.2) is 0 Å². The van der Waals surface area contributed by atoms with Crippen molar-refractivity contribution in [2.45, 2.75) is 82.1 Å². The van der Waals surface area contributed by atoms with Gasteiger partial charge in [-0.3, -0.25) is 0 Å². The average molecular weight is 903 g/mol. The van der Waals surface area contributed by atoms with Crippen molar-refractivity contribution in [3.63, 3.8) is 0 Å². The van der Waals surface area contributed by atoms with Crippen LogP contribution in [0.5, 0.6) is 0 Å². The number of allylic oxidation sites excluding steroid dienone is 16. The Balaban J connectivity index is 0. The van der Waals surface area contributed by atoms with E-state index >= 15 is 0 Å². The molecule has 0 aromatic heterocycles. The summed E-state index contributed by atoms with van der Waals surface area (Å²) in [5.74, 6) is 0. The molecule has 200 valence electrons. The first-order valence-electron chi connectivity index (χ1n) is 11.9. The Morgan fingerprint density at radius 2 is 0.861 bits per heavy atom. The fraction of sp³-hybridized carbons (Fsp3) is 0.467. The third-order valence-corrected chi connectivity index (χ3v) is 22.2. The van der Waals surface area contributed by atoms with E-state index in [2.05, 4.69) is 106 Å². The maximum atomic E-state index is 2.44. The molecule has 0 aromatic carbocycles. The summed E-state index contributed by atoms with van der Waals surface area (Å²) in [7, 11) is 0. The largest absolute Gasteiger partial charge is 0.147 e. The summed E-state index contributed by atoms with van der Waals surface area (Å²) in [6, 6.07) is 0. The molecule has 0 fully saturated rings. The zero-order valence-electron chi connectivity index (χ0n) is 23.5. The summed E-state index contributed by atoms with van der Waals surface area (Å²) in [6.45, 7) is 23.8. The van der Waals surface area contributed by atoms with Gasteiger partial charge in [-0.15, -0.1) is 49.6 Å². The van der Waals surface area contributed by atoms with Crippen molar-refractivity contribution in [3.05, 3.63) is 83.2 Å². The van der Waals surface area contributed by atoms with Gasteiger partial charge in [0.25, 0.3) is 0 Å². The standard InChI is InChI=1S/2C10H15.2C5H5.4ClH.2Hf/c2*1-7-6-10(4,5)9(3)8(7)2;2*1-2-4-5-3-1;;;;;;/h2*1-5H3;2*1-3H,4H2;4*1H;;. The van der Waals surface area contributed by atoms with Crippen LogP contribution in [0.2, 0.25) is 0 Å². The van der Waals surface area contributed by atoms with Gasteiger partial charge in [-0.05, 0) is 0 Å². The molecule has 0 spiro atoms. The van der Waals surface area contributed by atoms with Gasteiger partial charge in [0.2, 0.25) is 0 Å².